The van der Waals surface area contributed by atoms with Crippen LogP contribution in [0.3, 0.4) is 0 Å². The van der Waals surface area contributed by atoms with Gasteiger partial charge in [0.05, 0.1) is 7.11 Å². The molecule has 2 aromatic carbocycles. The summed E-state index contributed by atoms with van der Waals surface area (Å²) in [6.45, 7) is 3.43. The Morgan fingerprint density at radius 1 is 1.19 bits per heavy atom. The quantitative estimate of drug-likeness (QED) is 0.605. The molecule has 0 aliphatic carbocycles. The van der Waals surface area contributed by atoms with E-state index in [2.05, 4.69) is 10.3 Å². The van der Waals surface area contributed by atoms with Crippen molar-refractivity contribution in [1.29, 1.82) is 0 Å². The molecule has 1 aromatic heterocycles. The molecule has 1 aliphatic rings. The number of hydrogen-bond donors (Lipinski definition) is 2. The molecule has 0 spiro atoms. The first-order chi connectivity index (χ1) is 15.0. The van der Waals surface area contributed by atoms with Gasteiger partial charge in [0.25, 0.3) is 5.91 Å². The molecule has 6 nitrogen and oxygen atoms in total. The highest BCUT2D eigenvalue weighted by molar-refractivity contribution is 5.98. The van der Waals surface area contributed by atoms with E-state index in [0.29, 0.717) is 24.4 Å². The Balaban J connectivity index is 1.31. The van der Waals surface area contributed by atoms with E-state index in [9.17, 15) is 9.59 Å². The molecule has 0 saturated carbocycles. The van der Waals surface area contributed by atoms with Gasteiger partial charge in [-0.2, -0.15) is 0 Å². The molecule has 6 heteroatoms. The Morgan fingerprint density at radius 3 is 2.87 bits per heavy atom. The van der Waals surface area contributed by atoms with Crippen LogP contribution in [0.2, 0.25) is 0 Å². The zero-order chi connectivity index (χ0) is 21.8. The first-order valence-electron chi connectivity index (χ1n) is 10.8. The Kier molecular flexibility index (Phi) is 6.26. The Bertz CT molecular complexity index is 1090. The molecular weight excluding hydrogens is 390 g/mol. The molecule has 1 saturated heterocycles. The fourth-order valence-corrected chi connectivity index (χ4v) is 4.30. The van der Waals surface area contributed by atoms with Gasteiger partial charge in [0, 0.05) is 42.5 Å². The molecule has 2 heterocycles. The molecule has 0 bridgehead atoms. The zero-order valence-electron chi connectivity index (χ0n) is 18.1. The first kappa shape index (κ1) is 21.0. The number of rotatable bonds is 6. The maximum absolute atomic E-state index is 13.0. The van der Waals surface area contributed by atoms with Gasteiger partial charge in [-0.05, 0) is 79.5 Å². The van der Waals surface area contributed by atoms with Gasteiger partial charge in [-0.1, -0.05) is 6.07 Å². The third kappa shape index (κ3) is 4.90. The highest BCUT2D eigenvalue weighted by Gasteiger charge is 2.25. The van der Waals surface area contributed by atoms with Crippen LogP contribution in [0.25, 0.3) is 10.9 Å². The minimum atomic E-state index is 0.00825. The summed E-state index contributed by atoms with van der Waals surface area (Å²) in [5.41, 5.74) is 3.47. The lowest BCUT2D eigenvalue weighted by Gasteiger charge is -2.33. The number of aryl methyl sites for hydroxylation is 1. The van der Waals surface area contributed by atoms with Crippen molar-refractivity contribution in [2.75, 3.05) is 25.5 Å². The molecule has 0 radical (unpaired) electrons. The molecule has 31 heavy (non-hydrogen) atoms. The predicted molar refractivity (Wildman–Crippen MR) is 123 cm³/mol. The van der Waals surface area contributed by atoms with Gasteiger partial charge in [-0.3, -0.25) is 9.59 Å². The molecule has 1 fully saturated rings. The molecule has 2 N–H and O–H groups in total. The Hall–Kier alpha value is -3.28. The van der Waals surface area contributed by atoms with E-state index in [0.717, 1.165) is 53.7 Å². The van der Waals surface area contributed by atoms with Gasteiger partial charge in [-0.15, -0.1) is 0 Å². The number of likely N-dealkylation sites (tertiary alicyclic amines) is 1. The number of methoxy groups -OCH3 is 1. The summed E-state index contributed by atoms with van der Waals surface area (Å²) in [6.07, 6.45) is 5.13. The lowest BCUT2D eigenvalue weighted by atomic mass is 9.92. The number of H-pyrrole nitrogens is 1. The van der Waals surface area contributed by atoms with Crippen molar-refractivity contribution in [3.8, 4) is 5.75 Å². The van der Waals surface area contributed by atoms with Gasteiger partial charge in [-0.25, -0.2) is 0 Å². The van der Waals surface area contributed by atoms with Crippen LogP contribution in [-0.4, -0.2) is 41.9 Å². The summed E-state index contributed by atoms with van der Waals surface area (Å²) in [7, 11) is 1.63. The summed E-state index contributed by atoms with van der Waals surface area (Å²) >= 11 is 0. The summed E-state index contributed by atoms with van der Waals surface area (Å²) < 4.78 is 5.21. The van der Waals surface area contributed by atoms with E-state index in [1.54, 1.807) is 7.11 Å². The number of carbonyl (C=O) groups excluding carboxylic acids is 2. The summed E-state index contributed by atoms with van der Waals surface area (Å²) in [5, 5.41) is 4.10. The second-order valence-corrected chi connectivity index (χ2v) is 8.31. The molecule has 1 atom stereocenters. The van der Waals surface area contributed by atoms with Crippen LogP contribution in [0, 0.1) is 12.8 Å². The lowest BCUT2D eigenvalue weighted by molar-refractivity contribution is -0.116. The van der Waals surface area contributed by atoms with Gasteiger partial charge >= 0.3 is 0 Å². The third-order valence-corrected chi connectivity index (χ3v) is 6.10. The topological polar surface area (TPSA) is 74.4 Å². The number of aromatic nitrogens is 1. The number of piperidine rings is 1. The molecule has 3 aromatic rings. The van der Waals surface area contributed by atoms with E-state index < -0.39 is 0 Å². The van der Waals surface area contributed by atoms with Crippen molar-refractivity contribution in [3.05, 3.63) is 59.8 Å². The Labute approximate surface area is 182 Å². The number of ether oxygens (including phenoxy) is 1. The third-order valence-electron chi connectivity index (χ3n) is 6.10. The van der Waals surface area contributed by atoms with Crippen molar-refractivity contribution < 1.29 is 14.3 Å². The maximum atomic E-state index is 13.0. The molecule has 1 aliphatic heterocycles. The molecule has 2 amide bonds. The molecule has 4 rings (SSSR count). The van der Waals surface area contributed by atoms with Gasteiger partial charge in [0.2, 0.25) is 5.91 Å². The summed E-state index contributed by atoms with van der Waals surface area (Å²) in [5.74, 6) is 1.20. The average Bonchev–Trinajstić information content (AvgIpc) is 3.26. The smallest absolute Gasteiger partial charge is 0.253 e. The van der Waals surface area contributed by atoms with Gasteiger partial charge in [0.1, 0.15) is 5.75 Å². The van der Waals surface area contributed by atoms with Crippen LogP contribution >= 0.6 is 0 Å². The molecule has 162 valence electrons. The van der Waals surface area contributed by atoms with Gasteiger partial charge < -0.3 is 19.9 Å². The van der Waals surface area contributed by atoms with Crippen LogP contribution in [0.1, 0.15) is 41.6 Å². The highest BCUT2D eigenvalue weighted by Crippen LogP contribution is 2.25. The number of hydrogen-bond acceptors (Lipinski definition) is 3. The second-order valence-electron chi connectivity index (χ2n) is 8.31. The lowest BCUT2D eigenvalue weighted by Crippen LogP contribution is -2.40. The van der Waals surface area contributed by atoms with Crippen molar-refractivity contribution in [3.63, 3.8) is 0 Å². The van der Waals surface area contributed by atoms with Crippen molar-refractivity contribution in [2.45, 2.75) is 32.6 Å². The predicted octanol–water partition coefficient (Wildman–Crippen LogP) is 4.76. The van der Waals surface area contributed by atoms with Crippen LogP contribution in [0.5, 0.6) is 5.75 Å². The monoisotopic (exact) mass is 419 g/mol. The minimum absolute atomic E-state index is 0.00825. The minimum Gasteiger partial charge on any atom is -0.497 e. The van der Waals surface area contributed by atoms with Crippen LogP contribution in [0.15, 0.2) is 48.7 Å². The normalized spacial score (nSPS) is 16.3. The largest absolute Gasteiger partial charge is 0.497 e. The van der Waals surface area contributed by atoms with E-state index in [4.69, 9.17) is 4.74 Å². The SMILES string of the molecule is COc1ccc(NC(=O)CC[C@H]2CCCN(C(=O)c3ccc4cc[nH]c4c3)C2)c(C)c1. The number of benzene rings is 2. The number of fused-ring (bicyclic) bond motifs is 1. The molecule has 0 unspecified atom stereocenters. The maximum Gasteiger partial charge on any atom is 0.253 e. The van der Waals surface area contributed by atoms with Crippen molar-refractivity contribution >= 4 is 28.4 Å². The number of aromatic amines is 1. The van der Waals surface area contributed by atoms with Crippen LogP contribution in [-0.2, 0) is 4.79 Å². The number of nitrogens with one attached hydrogen (secondary N) is 2. The number of nitrogens with zero attached hydrogens (tertiary/aromatic N) is 1. The highest BCUT2D eigenvalue weighted by atomic mass is 16.5. The van der Waals surface area contributed by atoms with E-state index in [1.807, 2.05) is 60.5 Å². The Morgan fingerprint density at radius 2 is 2.06 bits per heavy atom. The van der Waals surface area contributed by atoms with Gasteiger partial charge in [0.15, 0.2) is 0 Å². The number of anilines is 1. The summed E-state index contributed by atoms with van der Waals surface area (Å²) in [6, 6.07) is 13.4. The van der Waals surface area contributed by atoms with E-state index in [1.165, 1.54) is 0 Å². The summed E-state index contributed by atoms with van der Waals surface area (Å²) in [4.78, 5) is 30.6. The number of carbonyl (C=O) groups is 2. The van der Waals surface area contributed by atoms with E-state index in [-0.39, 0.29) is 11.8 Å². The fourth-order valence-electron chi connectivity index (χ4n) is 4.30. The number of amides is 2. The molecular formula is C25H29N3O3. The standard InChI is InChI=1S/C25H29N3O3/c1-17-14-21(31-2)8-9-22(17)27-24(29)10-5-18-4-3-13-28(16-18)25(30)20-7-6-19-11-12-26-23(19)15-20/h6-9,11-12,14-15,18,26H,3-5,10,13,16H2,1-2H3,(H,27,29)/t18-/m1/s1. The fraction of sp³-hybridized carbons (Fsp3) is 0.360. The van der Waals surface area contributed by atoms with Crippen LogP contribution < -0.4 is 10.1 Å². The first-order valence-corrected chi connectivity index (χ1v) is 10.8. The average molecular weight is 420 g/mol. The van der Waals surface area contributed by atoms with Crippen LogP contribution in [0.4, 0.5) is 5.69 Å². The zero-order valence-corrected chi connectivity index (χ0v) is 18.1. The van der Waals surface area contributed by atoms with E-state index >= 15 is 0 Å². The van der Waals surface area contributed by atoms with Crippen molar-refractivity contribution in [1.82, 2.24) is 9.88 Å². The second kappa shape index (κ2) is 9.25. The van der Waals surface area contributed by atoms with Crippen molar-refractivity contribution in [2.24, 2.45) is 5.92 Å².